The Morgan fingerprint density at radius 1 is 0.906 bits per heavy atom. The molecule has 1 amide bonds. The summed E-state index contributed by atoms with van der Waals surface area (Å²) in [5, 5.41) is 0. The fourth-order valence-corrected chi connectivity index (χ4v) is 4.05. The number of para-hydroxylation sites is 2. The highest BCUT2D eigenvalue weighted by atomic mass is 16.5. The van der Waals surface area contributed by atoms with Crippen LogP contribution in [0.1, 0.15) is 5.82 Å². The quantitative estimate of drug-likeness (QED) is 0.665. The predicted octanol–water partition coefficient (Wildman–Crippen LogP) is 1.27. The molecule has 9 heteroatoms. The summed E-state index contributed by atoms with van der Waals surface area (Å²) < 4.78 is 11.0. The first kappa shape index (κ1) is 22.1. The van der Waals surface area contributed by atoms with E-state index in [2.05, 4.69) is 37.8 Å². The van der Waals surface area contributed by atoms with E-state index in [4.69, 9.17) is 9.47 Å². The maximum Gasteiger partial charge on any atom is 0.260 e. The Balaban J connectivity index is 1.33. The van der Waals surface area contributed by atoms with Gasteiger partial charge in [0, 0.05) is 58.4 Å². The number of likely N-dealkylation sites (N-methyl/N-ethyl adjacent to an activating group) is 1. The van der Waals surface area contributed by atoms with Crippen LogP contribution in [0.15, 0.2) is 30.3 Å². The van der Waals surface area contributed by atoms with E-state index in [1.807, 2.05) is 30.0 Å². The number of nitrogens with zero attached hydrogens (tertiary/aromatic N) is 6. The molecule has 1 aromatic carbocycles. The van der Waals surface area contributed by atoms with Gasteiger partial charge in [0.2, 0.25) is 0 Å². The lowest BCUT2D eigenvalue weighted by Gasteiger charge is -2.36. The van der Waals surface area contributed by atoms with Crippen LogP contribution >= 0.6 is 0 Å². The Morgan fingerprint density at radius 2 is 1.47 bits per heavy atom. The third-order valence-electron chi connectivity index (χ3n) is 6.01. The minimum absolute atomic E-state index is 0.000539. The molecule has 3 heterocycles. The molecule has 2 aliphatic heterocycles. The lowest BCUT2D eigenvalue weighted by atomic mass is 10.3. The number of hydrogen-bond donors (Lipinski definition) is 0. The van der Waals surface area contributed by atoms with Gasteiger partial charge in [0.15, 0.2) is 18.1 Å². The number of ether oxygens (including phenoxy) is 2. The van der Waals surface area contributed by atoms with Crippen molar-refractivity contribution in [1.29, 1.82) is 0 Å². The van der Waals surface area contributed by atoms with Gasteiger partial charge in [-0.3, -0.25) is 4.79 Å². The van der Waals surface area contributed by atoms with E-state index in [1.165, 1.54) is 0 Å². The molecule has 1 aromatic heterocycles. The average molecular weight is 441 g/mol. The molecule has 0 unspecified atom stereocenters. The van der Waals surface area contributed by atoms with Gasteiger partial charge in [-0.2, -0.15) is 0 Å². The van der Waals surface area contributed by atoms with Crippen molar-refractivity contribution < 1.29 is 14.3 Å². The molecule has 0 atom stereocenters. The van der Waals surface area contributed by atoms with Gasteiger partial charge in [-0.15, -0.1) is 0 Å². The van der Waals surface area contributed by atoms with Gasteiger partial charge >= 0.3 is 0 Å². The van der Waals surface area contributed by atoms with E-state index >= 15 is 0 Å². The minimum atomic E-state index is -0.0208. The summed E-state index contributed by atoms with van der Waals surface area (Å²) in [5.74, 6) is 3.89. The fraction of sp³-hybridized carbons (Fsp3) is 0.522. The molecule has 0 radical (unpaired) electrons. The van der Waals surface area contributed by atoms with Gasteiger partial charge in [0.25, 0.3) is 5.91 Å². The second-order valence-corrected chi connectivity index (χ2v) is 8.23. The van der Waals surface area contributed by atoms with E-state index in [1.54, 1.807) is 13.2 Å². The zero-order chi connectivity index (χ0) is 22.5. The number of rotatable bonds is 6. The number of carbonyl (C=O) groups is 1. The maximum absolute atomic E-state index is 12.7. The topological polar surface area (TPSA) is 74.3 Å². The third kappa shape index (κ3) is 5.21. The molecule has 2 aliphatic rings. The summed E-state index contributed by atoms with van der Waals surface area (Å²) in [4.78, 5) is 30.7. The van der Waals surface area contributed by atoms with Crippen LogP contribution in [0.25, 0.3) is 0 Å². The van der Waals surface area contributed by atoms with Gasteiger partial charge in [-0.05, 0) is 26.1 Å². The molecule has 172 valence electrons. The van der Waals surface area contributed by atoms with Crippen molar-refractivity contribution in [1.82, 2.24) is 19.8 Å². The number of anilines is 2. The van der Waals surface area contributed by atoms with Crippen LogP contribution in [-0.4, -0.2) is 98.8 Å². The molecular formula is C23H32N6O3. The van der Waals surface area contributed by atoms with Crippen molar-refractivity contribution >= 4 is 17.5 Å². The number of hydrogen-bond acceptors (Lipinski definition) is 8. The number of methoxy groups -OCH3 is 1. The molecule has 0 spiro atoms. The zero-order valence-corrected chi connectivity index (χ0v) is 19.2. The number of aromatic nitrogens is 2. The van der Waals surface area contributed by atoms with Crippen molar-refractivity contribution in [2.24, 2.45) is 0 Å². The number of amides is 1. The summed E-state index contributed by atoms with van der Waals surface area (Å²) in [7, 11) is 3.74. The lowest BCUT2D eigenvalue weighted by molar-refractivity contribution is -0.133. The highest BCUT2D eigenvalue weighted by molar-refractivity contribution is 5.78. The summed E-state index contributed by atoms with van der Waals surface area (Å²) in [6, 6.07) is 9.44. The van der Waals surface area contributed by atoms with Crippen molar-refractivity contribution in [3.05, 3.63) is 36.2 Å². The highest BCUT2D eigenvalue weighted by Crippen LogP contribution is 2.26. The summed E-state index contributed by atoms with van der Waals surface area (Å²) >= 11 is 0. The van der Waals surface area contributed by atoms with Crippen molar-refractivity contribution in [3.63, 3.8) is 0 Å². The van der Waals surface area contributed by atoms with Crippen LogP contribution in [0.2, 0.25) is 0 Å². The average Bonchev–Trinajstić information content (AvgIpc) is 2.83. The molecular weight excluding hydrogens is 408 g/mol. The lowest BCUT2D eigenvalue weighted by Crippen LogP contribution is -2.50. The normalized spacial score (nSPS) is 17.4. The van der Waals surface area contributed by atoms with Gasteiger partial charge in [-0.25, -0.2) is 9.97 Å². The Hall–Kier alpha value is -3.07. The maximum atomic E-state index is 12.7. The van der Waals surface area contributed by atoms with Crippen molar-refractivity contribution in [2.45, 2.75) is 6.92 Å². The van der Waals surface area contributed by atoms with E-state index in [0.29, 0.717) is 24.6 Å². The van der Waals surface area contributed by atoms with Crippen LogP contribution < -0.4 is 19.3 Å². The smallest absolute Gasteiger partial charge is 0.260 e. The molecule has 4 rings (SSSR count). The van der Waals surface area contributed by atoms with Gasteiger partial charge < -0.3 is 29.1 Å². The van der Waals surface area contributed by atoms with Crippen LogP contribution in [0, 0.1) is 6.92 Å². The second-order valence-electron chi connectivity index (χ2n) is 8.23. The second kappa shape index (κ2) is 10.0. The third-order valence-corrected chi connectivity index (χ3v) is 6.01. The number of aryl methyl sites for hydroxylation is 1. The Bertz CT molecular complexity index is 924. The molecule has 0 saturated carbocycles. The van der Waals surface area contributed by atoms with E-state index in [-0.39, 0.29) is 12.5 Å². The minimum Gasteiger partial charge on any atom is -0.493 e. The van der Waals surface area contributed by atoms with Crippen molar-refractivity contribution in [2.75, 3.05) is 82.9 Å². The first-order valence-electron chi connectivity index (χ1n) is 11.1. The van der Waals surface area contributed by atoms with E-state index in [9.17, 15) is 4.79 Å². The Labute approximate surface area is 189 Å². The summed E-state index contributed by atoms with van der Waals surface area (Å²) in [6.07, 6.45) is 0. The van der Waals surface area contributed by atoms with E-state index < -0.39 is 0 Å². The number of carbonyl (C=O) groups excluding carboxylic acids is 1. The molecule has 2 fully saturated rings. The van der Waals surface area contributed by atoms with Gasteiger partial charge in [0.1, 0.15) is 17.5 Å². The number of piperazine rings is 2. The van der Waals surface area contributed by atoms with Gasteiger partial charge in [-0.1, -0.05) is 12.1 Å². The first-order valence-corrected chi connectivity index (χ1v) is 11.1. The first-order chi connectivity index (χ1) is 15.5. The Kier molecular flexibility index (Phi) is 6.94. The molecule has 32 heavy (non-hydrogen) atoms. The molecule has 0 bridgehead atoms. The van der Waals surface area contributed by atoms with Gasteiger partial charge in [0.05, 0.1) is 7.11 Å². The number of benzene rings is 1. The van der Waals surface area contributed by atoms with Crippen LogP contribution in [0.5, 0.6) is 11.5 Å². The van der Waals surface area contributed by atoms with Crippen molar-refractivity contribution in [3.8, 4) is 11.5 Å². The largest absolute Gasteiger partial charge is 0.493 e. The monoisotopic (exact) mass is 440 g/mol. The standard InChI is InChI=1S/C23H32N6O3/c1-18-24-21(27-10-8-26(2)9-11-27)16-22(25-18)28-12-14-29(15-13-28)23(30)17-32-20-7-5-4-6-19(20)31-3/h4-7,16H,8-15,17H2,1-3H3. The Morgan fingerprint density at radius 3 is 2.06 bits per heavy atom. The summed E-state index contributed by atoms with van der Waals surface area (Å²) in [6.45, 7) is 8.71. The summed E-state index contributed by atoms with van der Waals surface area (Å²) in [5.41, 5.74) is 0. The molecule has 9 nitrogen and oxygen atoms in total. The van der Waals surface area contributed by atoms with Crippen LogP contribution in [0.4, 0.5) is 11.6 Å². The predicted molar refractivity (Wildman–Crippen MR) is 124 cm³/mol. The molecule has 0 N–H and O–H groups in total. The van der Waals surface area contributed by atoms with Crippen LogP contribution in [-0.2, 0) is 4.79 Å². The SMILES string of the molecule is COc1ccccc1OCC(=O)N1CCN(c2cc(N3CCN(C)CC3)nc(C)n2)CC1. The molecule has 2 saturated heterocycles. The fourth-order valence-electron chi connectivity index (χ4n) is 4.05. The highest BCUT2D eigenvalue weighted by Gasteiger charge is 2.24. The van der Waals surface area contributed by atoms with Crippen LogP contribution in [0.3, 0.4) is 0 Å². The zero-order valence-electron chi connectivity index (χ0n) is 19.2. The molecule has 2 aromatic rings. The molecule has 0 aliphatic carbocycles. The van der Waals surface area contributed by atoms with E-state index in [0.717, 1.165) is 56.7 Å².